The number of aromatic nitrogens is 4. The third-order valence-corrected chi connectivity index (χ3v) is 5.63. The Bertz CT molecular complexity index is 1390. The quantitative estimate of drug-likeness (QED) is 0.426. The van der Waals surface area contributed by atoms with Crippen LogP contribution in [0, 0.1) is 0 Å². The Kier molecular flexibility index (Phi) is 4.61. The van der Waals surface area contributed by atoms with Gasteiger partial charge < -0.3 is 9.26 Å². The second kappa shape index (κ2) is 7.57. The SMILES string of the molecule is COc1cccc(-c2noc(Cn3cnc4scc(-c5ccccc5)c4c3=O)n2)c1. The van der Waals surface area contributed by atoms with Crippen LogP contribution in [0.3, 0.4) is 0 Å². The van der Waals surface area contributed by atoms with Gasteiger partial charge in [0.15, 0.2) is 0 Å². The summed E-state index contributed by atoms with van der Waals surface area (Å²) in [6.07, 6.45) is 1.52. The molecule has 30 heavy (non-hydrogen) atoms. The van der Waals surface area contributed by atoms with Gasteiger partial charge in [0.2, 0.25) is 11.7 Å². The first-order valence-corrected chi connectivity index (χ1v) is 10.1. The number of thiophene rings is 1. The summed E-state index contributed by atoms with van der Waals surface area (Å²) in [7, 11) is 1.60. The molecule has 3 heterocycles. The number of benzene rings is 2. The van der Waals surface area contributed by atoms with E-state index in [0.717, 1.165) is 16.7 Å². The minimum Gasteiger partial charge on any atom is -0.497 e. The van der Waals surface area contributed by atoms with Crippen molar-refractivity contribution in [1.82, 2.24) is 19.7 Å². The predicted octanol–water partition coefficient (Wildman–Crippen LogP) is 4.23. The van der Waals surface area contributed by atoms with E-state index in [1.165, 1.54) is 22.2 Å². The maximum absolute atomic E-state index is 13.2. The van der Waals surface area contributed by atoms with Crippen molar-refractivity contribution in [3.63, 3.8) is 0 Å². The summed E-state index contributed by atoms with van der Waals surface area (Å²) >= 11 is 1.46. The van der Waals surface area contributed by atoms with Gasteiger partial charge in [-0.3, -0.25) is 9.36 Å². The van der Waals surface area contributed by atoms with Crippen molar-refractivity contribution in [2.24, 2.45) is 0 Å². The average molecular weight is 416 g/mol. The lowest BCUT2D eigenvalue weighted by atomic mass is 10.1. The largest absolute Gasteiger partial charge is 0.497 e. The second-order valence-corrected chi connectivity index (χ2v) is 7.47. The Morgan fingerprint density at radius 3 is 2.77 bits per heavy atom. The van der Waals surface area contributed by atoms with E-state index < -0.39 is 0 Å². The molecule has 0 saturated carbocycles. The Morgan fingerprint density at radius 2 is 1.93 bits per heavy atom. The number of rotatable bonds is 5. The van der Waals surface area contributed by atoms with Gasteiger partial charge in [-0.2, -0.15) is 4.98 Å². The third kappa shape index (κ3) is 3.27. The third-order valence-electron chi connectivity index (χ3n) is 4.75. The topological polar surface area (TPSA) is 83.0 Å². The molecule has 0 aliphatic heterocycles. The lowest BCUT2D eigenvalue weighted by Gasteiger charge is -2.03. The van der Waals surface area contributed by atoms with Crippen molar-refractivity contribution >= 4 is 21.6 Å². The molecule has 0 atom stereocenters. The smallest absolute Gasteiger partial charge is 0.263 e. The van der Waals surface area contributed by atoms with Crippen molar-refractivity contribution in [2.45, 2.75) is 6.54 Å². The van der Waals surface area contributed by atoms with Gasteiger partial charge in [-0.1, -0.05) is 47.6 Å². The highest BCUT2D eigenvalue weighted by Gasteiger charge is 2.15. The lowest BCUT2D eigenvalue weighted by Crippen LogP contribution is -2.21. The summed E-state index contributed by atoms with van der Waals surface area (Å²) < 4.78 is 12.1. The summed E-state index contributed by atoms with van der Waals surface area (Å²) in [6, 6.07) is 17.2. The minimum absolute atomic E-state index is 0.138. The first-order valence-electron chi connectivity index (χ1n) is 9.22. The fourth-order valence-electron chi connectivity index (χ4n) is 3.25. The van der Waals surface area contributed by atoms with Gasteiger partial charge >= 0.3 is 0 Å². The average Bonchev–Trinajstić information content (AvgIpc) is 3.44. The summed E-state index contributed by atoms with van der Waals surface area (Å²) in [5, 5.41) is 6.59. The van der Waals surface area contributed by atoms with Crippen LogP contribution in [0.4, 0.5) is 0 Å². The monoisotopic (exact) mass is 416 g/mol. The van der Waals surface area contributed by atoms with Gasteiger partial charge in [0.05, 0.1) is 18.8 Å². The van der Waals surface area contributed by atoms with Crippen LogP contribution in [0.5, 0.6) is 5.75 Å². The van der Waals surface area contributed by atoms with Gasteiger partial charge in [-0.15, -0.1) is 11.3 Å². The summed E-state index contributed by atoms with van der Waals surface area (Å²) in [5.41, 5.74) is 2.50. The zero-order chi connectivity index (χ0) is 20.5. The summed E-state index contributed by atoms with van der Waals surface area (Å²) in [5.74, 6) is 1.47. The number of nitrogens with zero attached hydrogens (tertiary/aromatic N) is 4. The van der Waals surface area contributed by atoms with Crippen LogP contribution in [0.2, 0.25) is 0 Å². The maximum Gasteiger partial charge on any atom is 0.263 e. The van der Waals surface area contributed by atoms with E-state index in [-0.39, 0.29) is 12.1 Å². The van der Waals surface area contributed by atoms with Crippen molar-refractivity contribution in [1.29, 1.82) is 0 Å². The van der Waals surface area contributed by atoms with E-state index in [4.69, 9.17) is 9.26 Å². The van der Waals surface area contributed by atoms with E-state index in [2.05, 4.69) is 15.1 Å². The van der Waals surface area contributed by atoms with Crippen LogP contribution in [0.15, 0.2) is 75.6 Å². The van der Waals surface area contributed by atoms with Gasteiger partial charge in [0.1, 0.15) is 17.1 Å². The van der Waals surface area contributed by atoms with Crippen LogP contribution in [-0.2, 0) is 6.54 Å². The van der Waals surface area contributed by atoms with Crippen molar-refractivity contribution in [3.05, 3.63) is 82.5 Å². The molecule has 0 aliphatic carbocycles. The van der Waals surface area contributed by atoms with Crippen molar-refractivity contribution < 1.29 is 9.26 Å². The molecule has 148 valence electrons. The van der Waals surface area contributed by atoms with Crippen LogP contribution < -0.4 is 10.3 Å². The fourth-order valence-corrected chi connectivity index (χ4v) is 4.16. The number of ether oxygens (including phenoxy) is 1. The molecule has 0 amide bonds. The standard InChI is InChI=1S/C22H16N4O3S/c1-28-16-9-5-8-15(10-16)20-24-18(29-25-20)11-26-13-23-21-19(22(26)27)17(12-30-21)14-6-3-2-4-7-14/h2-10,12-13H,11H2,1H3. The second-order valence-electron chi connectivity index (χ2n) is 6.62. The molecule has 8 heteroatoms. The van der Waals surface area contributed by atoms with E-state index >= 15 is 0 Å². The maximum atomic E-state index is 13.2. The van der Waals surface area contributed by atoms with Gasteiger partial charge in [-0.05, 0) is 17.7 Å². The molecule has 5 aromatic rings. The van der Waals surface area contributed by atoms with Crippen molar-refractivity contribution in [2.75, 3.05) is 7.11 Å². The molecule has 0 N–H and O–H groups in total. The molecule has 0 saturated heterocycles. The van der Waals surface area contributed by atoms with Crippen LogP contribution >= 0.6 is 11.3 Å². The number of fused-ring (bicyclic) bond motifs is 1. The molecular formula is C22H16N4O3S. The highest BCUT2D eigenvalue weighted by atomic mass is 32.1. The van der Waals surface area contributed by atoms with E-state index in [9.17, 15) is 4.79 Å². The van der Waals surface area contributed by atoms with Crippen LogP contribution in [0.1, 0.15) is 5.89 Å². The highest BCUT2D eigenvalue weighted by molar-refractivity contribution is 7.17. The van der Waals surface area contributed by atoms with Gasteiger partial charge in [-0.25, -0.2) is 4.98 Å². The van der Waals surface area contributed by atoms with E-state index in [0.29, 0.717) is 27.7 Å². The molecule has 5 rings (SSSR count). The predicted molar refractivity (Wildman–Crippen MR) is 115 cm³/mol. The fraction of sp³-hybridized carbons (Fsp3) is 0.0909. The summed E-state index contributed by atoms with van der Waals surface area (Å²) in [6.45, 7) is 0.142. The normalized spacial score (nSPS) is 11.1. The molecule has 2 aromatic carbocycles. The molecule has 0 bridgehead atoms. The van der Waals surface area contributed by atoms with Gasteiger partial charge in [0, 0.05) is 16.5 Å². The minimum atomic E-state index is -0.138. The Balaban J connectivity index is 1.50. The zero-order valence-electron chi connectivity index (χ0n) is 16.0. The molecule has 0 unspecified atom stereocenters. The van der Waals surface area contributed by atoms with Crippen molar-refractivity contribution in [3.8, 4) is 28.3 Å². The molecule has 7 nitrogen and oxygen atoms in total. The van der Waals surface area contributed by atoms with E-state index in [1.54, 1.807) is 7.11 Å². The lowest BCUT2D eigenvalue weighted by molar-refractivity contribution is 0.369. The molecule has 3 aromatic heterocycles. The van der Waals surface area contributed by atoms with Crippen LogP contribution in [0.25, 0.3) is 32.7 Å². The Labute approximate surface area is 175 Å². The number of methoxy groups -OCH3 is 1. The Morgan fingerprint density at radius 1 is 1.10 bits per heavy atom. The van der Waals surface area contributed by atoms with Gasteiger partial charge in [0.25, 0.3) is 5.56 Å². The molecule has 0 radical (unpaired) electrons. The number of hydrogen-bond donors (Lipinski definition) is 0. The zero-order valence-corrected chi connectivity index (χ0v) is 16.8. The van der Waals surface area contributed by atoms with E-state index in [1.807, 2.05) is 60.0 Å². The molecule has 0 aliphatic rings. The first-order chi connectivity index (χ1) is 14.7. The molecule has 0 spiro atoms. The molecular weight excluding hydrogens is 400 g/mol. The Hall–Kier alpha value is -3.78. The van der Waals surface area contributed by atoms with Crippen LogP contribution in [-0.4, -0.2) is 26.8 Å². The molecule has 0 fully saturated rings. The highest BCUT2D eigenvalue weighted by Crippen LogP contribution is 2.30. The number of hydrogen-bond acceptors (Lipinski definition) is 7. The summed E-state index contributed by atoms with van der Waals surface area (Å²) in [4.78, 5) is 22.7. The first kappa shape index (κ1) is 18.3.